The number of carboxylic acid groups (broad SMARTS) is 2. The molecule has 6 N–H and O–H groups in total. The zero-order chi connectivity index (χ0) is 28.8. The van der Waals surface area contributed by atoms with Gasteiger partial charge in [-0.05, 0) is 30.2 Å². The van der Waals surface area contributed by atoms with Crippen molar-refractivity contribution in [3.63, 3.8) is 0 Å². The van der Waals surface area contributed by atoms with E-state index in [-0.39, 0.29) is 28.2 Å². The fourth-order valence-corrected chi connectivity index (χ4v) is 4.69. The highest BCUT2D eigenvalue weighted by molar-refractivity contribution is 7.89. The van der Waals surface area contributed by atoms with Crippen molar-refractivity contribution in [1.29, 1.82) is 5.41 Å². The van der Waals surface area contributed by atoms with E-state index >= 15 is 0 Å². The number of nitrogens with one attached hydrogen (secondary N) is 2. The maximum absolute atomic E-state index is 13.4. The number of nitrogens with zero attached hydrogens (tertiary/aromatic N) is 2. The number of pyridine rings is 1. The lowest BCUT2D eigenvalue weighted by Crippen LogP contribution is -2.35. The van der Waals surface area contributed by atoms with Gasteiger partial charge in [0.25, 0.3) is 0 Å². The first kappa shape index (κ1) is 30.3. The molecule has 0 spiro atoms. The van der Waals surface area contributed by atoms with Crippen LogP contribution in [-0.2, 0) is 26.2 Å². The molecule has 0 unspecified atom stereocenters. The van der Waals surface area contributed by atoms with E-state index in [4.69, 9.17) is 32.6 Å². The molecule has 3 rings (SSSR count). The van der Waals surface area contributed by atoms with E-state index in [1.54, 1.807) is 12.1 Å². The molecule has 204 valence electrons. The summed E-state index contributed by atoms with van der Waals surface area (Å²) in [7, 11) is -4.19. The van der Waals surface area contributed by atoms with Crippen LogP contribution in [0.3, 0.4) is 0 Å². The zero-order valence-corrected chi connectivity index (χ0v) is 21.0. The third-order valence-corrected chi connectivity index (χ3v) is 6.95. The van der Waals surface area contributed by atoms with Gasteiger partial charge in [-0.2, -0.15) is 17.5 Å². The van der Waals surface area contributed by atoms with Gasteiger partial charge in [0, 0.05) is 23.5 Å². The Bertz CT molecular complexity index is 1480. The normalized spacial score (nSPS) is 11.5. The van der Waals surface area contributed by atoms with Gasteiger partial charge in [-0.15, -0.1) is 0 Å². The minimum absolute atomic E-state index is 0.105. The Hall–Kier alpha value is -3.95. The van der Waals surface area contributed by atoms with Gasteiger partial charge in [0.05, 0.1) is 9.92 Å². The molecule has 38 heavy (non-hydrogen) atoms. The van der Waals surface area contributed by atoms with Crippen molar-refractivity contribution in [2.24, 2.45) is 5.73 Å². The SMILES string of the molecule is Cc1ccccc1CN(CC(=O)O)S(=O)(=O)c1ccc2c(Cl)cnc(NC(=N)N)c2c1.O=C(O)C(F)(F)F. The van der Waals surface area contributed by atoms with Crippen molar-refractivity contribution < 1.29 is 41.4 Å². The lowest BCUT2D eigenvalue weighted by Gasteiger charge is -2.22. The fraction of sp³-hybridized carbons (Fsp3) is 0.182. The number of carboxylic acids is 2. The van der Waals surface area contributed by atoms with Crippen molar-refractivity contribution >= 4 is 56.1 Å². The number of rotatable bonds is 7. The smallest absolute Gasteiger partial charge is 0.480 e. The Balaban J connectivity index is 0.000000638. The Morgan fingerprint density at radius 2 is 1.76 bits per heavy atom. The fourth-order valence-electron chi connectivity index (χ4n) is 3.08. The first-order valence-electron chi connectivity index (χ1n) is 10.3. The molecule has 0 atom stereocenters. The number of alkyl halides is 3. The highest BCUT2D eigenvalue weighted by atomic mass is 35.5. The number of fused-ring (bicyclic) bond motifs is 1. The molecule has 0 aliphatic heterocycles. The van der Waals surface area contributed by atoms with Gasteiger partial charge in [-0.3, -0.25) is 10.2 Å². The van der Waals surface area contributed by atoms with Crippen molar-refractivity contribution in [3.8, 4) is 0 Å². The average Bonchev–Trinajstić information content (AvgIpc) is 2.81. The van der Waals surface area contributed by atoms with Gasteiger partial charge >= 0.3 is 18.1 Å². The van der Waals surface area contributed by atoms with Crippen LogP contribution in [-0.4, -0.2) is 58.5 Å². The number of anilines is 1. The monoisotopic (exact) mass is 575 g/mol. The number of sulfonamides is 1. The van der Waals surface area contributed by atoms with Crippen molar-refractivity contribution in [2.45, 2.75) is 24.5 Å². The van der Waals surface area contributed by atoms with Crippen LogP contribution >= 0.6 is 11.6 Å². The summed E-state index contributed by atoms with van der Waals surface area (Å²) in [6.07, 6.45) is -3.72. The first-order chi connectivity index (χ1) is 17.5. The van der Waals surface area contributed by atoms with E-state index in [1.807, 2.05) is 19.1 Å². The number of benzene rings is 2. The van der Waals surface area contributed by atoms with Crippen LogP contribution in [0.1, 0.15) is 11.1 Å². The second kappa shape index (κ2) is 12.1. The number of aromatic nitrogens is 1. The molecule has 3 aromatic rings. The van der Waals surface area contributed by atoms with Gasteiger partial charge in [-0.25, -0.2) is 18.2 Å². The number of hydrogen-bond acceptors (Lipinski definition) is 6. The molecule has 2 aromatic carbocycles. The van der Waals surface area contributed by atoms with E-state index < -0.39 is 34.7 Å². The molecule has 0 saturated heterocycles. The summed E-state index contributed by atoms with van der Waals surface area (Å²) < 4.78 is 59.4. The van der Waals surface area contributed by atoms with E-state index in [2.05, 4.69) is 10.3 Å². The molecule has 16 heteroatoms. The Morgan fingerprint density at radius 3 is 2.29 bits per heavy atom. The lowest BCUT2D eigenvalue weighted by atomic mass is 10.1. The van der Waals surface area contributed by atoms with Crippen molar-refractivity contribution in [1.82, 2.24) is 9.29 Å². The second-order valence-corrected chi connectivity index (χ2v) is 9.94. The largest absolute Gasteiger partial charge is 0.490 e. The summed E-state index contributed by atoms with van der Waals surface area (Å²) in [6.45, 7) is 1.01. The van der Waals surface area contributed by atoms with Gasteiger partial charge in [0.1, 0.15) is 12.4 Å². The number of aryl methyl sites for hydroxylation is 1. The Kier molecular flexibility index (Phi) is 9.61. The van der Waals surface area contributed by atoms with Crippen molar-refractivity contribution in [3.05, 3.63) is 64.8 Å². The van der Waals surface area contributed by atoms with Gasteiger partial charge in [0.2, 0.25) is 10.0 Å². The molecule has 0 saturated carbocycles. The molecule has 0 fully saturated rings. The molecule has 0 aliphatic carbocycles. The van der Waals surface area contributed by atoms with E-state index in [0.717, 1.165) is 9.87 Å². The molecule has 0 amide bonds. The molecule has 11 nitrogen and oxygen atoms in total. The lowest BCUT2D eigenvalue weighted by molar-refractivity contribution is -0.192. The maximum Gasteiger partial charge on any atom is 0.490 e. The van der Waals surface area contributed by atoms with Crippen LogP contribution in [0.2, 0.25) is 5.02 Å². The number of aliphatic carboxylic acids is 2. The van der Waals surface area contributed by atoms with Crippen LogP contribution in [0.4, 0.5) is 19.0 Å². The third kappa shape index (κ3) is 7.77. The molecule has 0 radical (unpaired) electrons. The highest BCUT2D eigenvalue weighted by Gasteiger charge is 2.38. The predicted octanol–water partition coefficient (Wildman–Crippen LogP) is 3.41. The number of halogens is 4. The summed E-state index contributed by atoms with van der Waals surface area (Å²) in [5.74, 6) is -4.25. The number of hydrogen-bond donors (Lipinski definition) is 5. The molecule has 0 bridgehead atoms. The van der Waals surface area contributed by atoms with Crippen LogP contribution in [0, 0.1) is 12.3 Å². The third-order valence-electron chi connectivity index (χ3n) is 4.86. The van der Waals surface area contributed by atoms with Crippen LogP contribution in [0.25, 0.3) is 10.8 Å². The van der Waals surface area contributed by atoms with E-state index in [9.17, 15) is 31.5 Å². The summed E-state index contributed by atoms with van der Waals surface area (Å²) in [5, 5.41) is 27.5. The average molecular weight is 576 g/mol. The van der Waals surface area contributed by atoms with E-state index in [0.29, 0.717) is 16.3 Å². The van der Waals surface area contributed by atoms with Gasteiger partial charge in [-0.1, -0.05) is 41.9 Å². The Labute approximate surface area is 219 Å². The summed E-state index contributed by atoms with van der Waals surface area (Å²) in [6, 6.07) is 11.3. The summed E-state index contributed by atoms with van der Waals surface area (Å²) in [4.78, 5) is 24.3. The first-order valence-corrected chi connectivity index (χ1v) is 12.1. The van der Waals surface area contributed by atoms with Crippen LogP contribution in [0.15, 0.2) is 53.6 Å². The predicted molar refractivity (Wildman–Crippen MR) is 132 cm³/mol. The standard InChI is InChI=1S/C20H20ClN5O4S.C2HF3O2/c1-12-4-2-3-5-13(12)10-26(11-18(27)28)31(29,30)14-6-7-15-16(8-14)19(25-20(22)23)24-9-17(15)21;3-2(4,5)1(6)7/h2-9H,10-11H2,1H3,(H,27,28)(H4,22,23,24,25);(H,6,7). The molecule has 1 heterocycles. The zero-order valence-electron chi connectivity index (χ0n) is 19.5. The maximum atomic E-state index is 13.4. The molecular formula is C22H21ClF3N5O6S. The van der Waals surface area contributed by atoms with Crippen LogP contribution in [0.5, 0.6) is 0 Å². The number of nitrogens with two attached hydrogens (primary N) is 1. The highest BCUT2D eigenvalue weighted by Crippen LogP contribution is 2.31. The second-order valence-electron chi connectivity index (χ2n) is 7.60. The molecular weight excluding hydrogens is 555 g/mol. The van der Waals surface area contributed by atoms with Crippen LogP contribution < -0.4 is 11.1 Å². The minimum Gasteiger partial charge on any atom is -0.480 e. The topological polar surface area (TPSA) is 187 Å². The minimum atomic E-state index is -5.08. The Morgan fingerprint density at radius 1 is 1.16 bits per heavy atom. The van der Waals surface area contributed by atoms with Gasteiger partial charge in [0.15, 0.2) is 5.96 Å². The molecule has 0 aliphatic rings. The van der Waals surface area contributed by atoms with E-state index in [1.165, 1.54) is 24.4 Å². The van der Waals surface area contributed by atoms with Crippen molar-refractivity contribution in [2.75, 3.05) is 11.9 Å². The molecule has 1 aromatic heterocycles. The summed E-state index contributed by atoms with van der Waals surface area (Å²) in [5.41, 5.74) is 6.92. The number of carbonyl (C=O) groups is 2. The van der Waals surface area contributed by atoms with Gasteiger partial charge < -0.3 is 21.3 Å². The summed E-state index contributed by atoms with van der Waals surface area (Å²) >= 11 is 6.18. The quantitative estimate of drug-likeness (QED) is 0.208. The number of guanidine groups is 1.